The number of nitro benzene ring substituents is 1. The van der Waals surface area contributed by atoms with Crippen LogP contribution in [0.4, 0.5) is 10.1 Å². The molecule has 21 heavy (non-hydrogen) atoms. The molecule has 0 spiro atoms. The summed E-state index contributed by atoms with van der Waals surface area (Å²) in [4.78, 5) is 12.6. The Kier molecular flexibility index (Phi) is 5.03. The highest BCUT2D eigenvalue weighted by molar-refractivity contribution is 5.37. The van der Waals surface area contributed by atoms with E-state index in [1.807, 2.05) is 6.92 Å². The van der Waals surface area contributed by atoms with Gasteiger partial charge in [-0.1, -0.05) is 5.57 Å². The summed E-state index contributed by atoms with van der Waals surface area (Å²) in [6, 6.07) is 3.53. The maximum absolute atomic E-state index is 14.2. The molecule has 0 unspecified atom stereocenters. The van der Waals surface area contributed by atoms with Crippen molar-refractivity contribution in [3.63, 3.8) is 0 Å². The first-order valence-corrected chi connectivity index (χ1v) is 7.02. The molecule has 1 aliphatic rings. The zero-order chi connectivity index (χ0) is 15.4. The Hall–Kier alpha value is -1.79. The summed E-state index contributed by atoms with van der Waals surface area (Å²) in [6.07, 6.45) is 0.595. The van der Waals surface area contributed by atoms with Crippen LogP contribution in [0.1, 0.15) is 24.9 Å². The van der Waals surface area contributed by atoms with Crippen LogP contribution in [0.2, 0.25) is 0 Å². The minimum atomic E-state index is -0.488. The van der Waals surface area contributed by atoms with Crippen LogP contribution in [0.15, 0.2) is 30.4 Å². The van der Waals surface area contributed by atoms with Crippen molar-refractivity contribution in [2.24, 2.45) is 0 Å². The van der Waals surface area contributed by atoms with Gasteiger partial charge in [0.2, 0.25) is 0 Å². The third kappa shape index (κ3) is 3.86. The first-order valence-electron chi connectivity index (χ1n) is 7.02. The molecule has 1 N–H and O–H groups in total. The Morgan fingerprint density at radius 1 is 1.52 bits per heavy atom. The van der Waals surface area contributed by atoms with E-state index in [2.05, 4.69) is 16.8 Å². The van der Waals surface area contributed by atoms with Crippen molar-refractivity contribution in [1.29, 1.82) is 0 Å². The third-order valence-corrected chi connectivity index (χ3v) is 3.68. The average Bonchev–Trinajstić information content (AvgIpc) is 2.46. The predicted octanol–water partition coefficient (Wildman–Crippen LogP) is 2.65. The van der Waals surface area contributed by atoms with Crippen molar-refractivity contribution < 1.29 is 9.31 Å². The van der Waals surface area contributed by atoms with Gasteiger partial charge in [-0.25, -0.2) is 4.39 Å². The lowest BCUT2D eigenvalue weighted by Gasteiger charge is -2.35. The smallest absolute Gasteiger partial charge is 0.269 e. The van der Waals surface area contributed by atoms with Crippen LogP contribution in [0, 0.1) is 15.9 Å². The van der Waals surface area contributed by atoms with E-state index in [0.29, 0.717) is 12.0 Å². The number of non-ortho nitro benzene ring substituents is 1. The van der Waals surface area contributed by atoms with E-state index in [0.717, 1.165) is 31.8 Å². The number of benzene rings is 1. The quantitative estimate of drug-likeness (QED) is 0.515. The summed E-state index contributed by atoms with van der Waals surface area (Å²) in [5.74, 6) is -0.398. The third-order valence-electron chi connectivity index (χ3n) is 3.68. The van der Waals surface area contributed by atoms with Crippen LogP contribution in [0.5, 0.6) is 0 Å². The second kappa shape index (κ2) is 6.78. The Morgan fingerprint density at radius 2 is 2.19 bits per heavy atom. The number of nitro groups is 1. The van der Waals surface area contributed by atoms with E-state index < -0.39 is 10.7 Å². The largest absolute Gasteiger partial charge is 0.314 e. The normalized spacial score (nSPS) is 17.4. The van der Waals surface area contributed by atoms with Crippen LogP contribution in [0.3, 0.4) is 0 Å². The lowest BCUT2D eigenvalue weighted by atomic mass is 9.97. The van der Waals surface area contributed by atoms with E-state index in [-0.39, 0.29) is 11.7 Å². The number of nitrogens with zero attached hydrogens (tertiary/aromatic N) is 2. The molecule has 0 amide bonds. The number of hydrogen-bond donors (Lipinski definition) is 1. The topological polar surface area (TPSA) is 58.4 Å². The summed E-state index contributed by atoms with van der Waals surface area (Å²) in [5.41, 5.74) is 1.24. The van der Waals surface area contributed by atoms with Crippen molar-refractivity contribution in [2.75, 3.05) is 26.2 Å². The van der Waals surface area contributed by atoms with Gasteiger partial charge in [0.25, 0.3) is 5.69 Å². The predicted molar refractivity (Wildman–Crippen MR) is 79.7 cm³/mol. The van der Waals surface area contributed by atoms with E-state index in [9.17, 15) is 14.5 Å². The summed E-state index contributed by atoms with van der Waals surface area (Å²) in [5, 5.41) is 14.2. The Balaban J connectivity index is 2.36. The number of nitrogens with one attached hydrogen (secondary N) is 1. The van der Waals surface area contributed by atoms with Crippen molar-refractivity contribution in [1.82, 2.24) is 10.2 Å². The zero-order valence-corrected chi connectivity index (χ0v) is 12.1. The number of rotatable bonds is 5. The molecule has 0 bridgehead atoms. The van der Waals surface area contributed by atoms with E-state index in [1.165, 1.54) is 18.2 Å². The minimum absolute atomic E-state index is 0.0757. The number of halogens is 1. The SMILES string of the molecule is C=C(C)C[C@@H](c1cc([N+](=O)[O-])ccc1F)N1CCNCC1. The van der Waals surface area contributed by atoms with Gasteiger partial charge in [0.15, 0.2) is 0 Å². The monoisotopic (exact) mass is 293 g/mol. The second-order valence-corrected chi connectivity index (χ2v) is 5.43. The molecule has 1 saturated heterocycles. The van der Waals surface area contributed by atoms with Gasteiger partial charge >= 0.3 is 0 Å². The van der Waals surface area contributed by atoms with Crippen LogP contribution >= 0.6 is 0 Å². The molecule has 114 valence electrons. The minimum Gasteiger partial charge on any atom is -0.314 e. The van der Waals surface area contributed by atoms with E-state index >= 15 is 0 Å². The zero-order valence-electron chi connectivity index (χ0n) is 12.1. The maximum atomic E-state index is 14.2. The highest BCUT2D eigenvalue weighted by atomic mass is 19.1. The Labute approximate surface area is 123 Å². The van der Waals surface area contributed by atoms with Crippen molar-refractivity contribution in [3.8, 4) is 0 Å². The molecule has 1 aliphatic heterocycles. The molecule has 1 heterocycles. The highest BCUT2D eigenvalue weighted by Gasteiger charge is 2.26. The van der Waals surface area contributed by atoms with Crippen LogP contribution < -0.4 is 5.32 Å². The molecule has 1 aromatic rings. The first-order chi connectivity index (χ1) is 9.99. The van der Waals surface area contributed by atoms with Gasteiger partial charge in [0.05, 0.1) is 4.92 Å². The summed E-state index contributed by atoms with van der Waals surface area (Å²) < 4.78 is 14.2. The molecule has 0 aromatic heterocycles. The molecule has 1 fully saturated rings. The molecule has 0 radical (unpaired) electrons. The molecule has 0 aliphatic carbocycles. The van der Waals surface area contributed by atoms with Gasteiger partial charge < -0.3 is 5.32 Å². The number of piperazine rings is 1. The fourth-order valence-electron chi connectivity index (χ4n) is 2.66. The second-order valence-electron chi connectivity index (χ2n) is 5.43. The molecule has 2 rings (SSSR count). The molecule has 5 nitrogen and oxygen atoms in total. The van der Waals surface area contributed by atoms with Crippen LogP contribution in [0.25, 0.3) is 0 Å². The van der Waals surface area contributed by atoms with Crippen molar-refractivity contribution >= 4 is 5.69 Å². The standard InChI is InChI=1S/C15H20FN3O2/c1-11(2)9-15(18-7-5-17-6-8-18)13-10-12(19(20)21)3-4-14(13)16/h3-4,10,15,17H,1,5-9H2,2H3/t15-/m0/s1. The van der Waals surface area contributed by atoms with Crippen LogP contribution in [-0.4, -0.2) is 36.0 Å². The van der Waals surface area contributed by atoms with Crippen molar-refractivity contribution in [2.45, 2.75) is 19.4 Å². The van der Waals surface area contributed by atoms with Gasteiger partial charge in [-0.15, -0.1) is 6.58 Å². The first kappa shape index (κ1) is 15.6. The molecule has 1 aromatic carbocycles. The Bertz CT molecular complexity index is 542. The highest BCUT2D eigenvalue weighted by Crippen LogP contribution is 2.31. The fourth-order valence-corrected chi connectivity index (χ4v) is 2.66. The van der Waals surface area contributed by atoms with Gasteiger partial charge in [0, 0.05) is 49.9 Å². The molecule has 6 heteroatoms. The summed E-state index contributed by atoms with van der Waals surface area (Å²) >= 11 is 0. The van der Waals surface area contributed by atoms with Crippen LogP contribution in [-0.2, 0) is 0 Å². The lowest BCUT2D eigenvalue weighted by molar-refractivity contribution is -0.385. The lowest BCUT2D eigenvalue weighted by Crippen LogP contribution is -2.45. The fraction of sp³-hybridized carbons (Fsp3) is 0.467. The summed E-state index contributed by atoms with van der Waals surface area (Å²) in [6.45, 7) is 9.05. The van der Waals surface area contributed by atoms with Gasteiger partial charge in [-0.05, 0) is 19.4 Å². The van der Waals surface area contributed by atoms with E-state index in [1.54, 1.807) is 0 Å². The van der Waals surface area contributed by atoms with Crippen molar-refractivity contribution in [3.05, 3.63) is 51.8 Å². The molecular weight excluding hydrogens is 273 g/mol. The van der Waals surface area contributed by atoms with Gasteiger partial charge in [0.1, 0.15) is 5.82 Å². The molecule has 1 atom stereocenters. The molecule has 0 saturated carbocycles. The summed E-state index contributed by atoms with van der Waals surface area (Å²) in [7, 11) is 0. The van der Waals surface area contributed by atoms with Gasteiger partial charge in [-0.2, -0.15) is 0 Å². The molecular formula is C15H20FN3O2. The van der Waals surface area contributed by atoms with E-state index in [4.69, 9.17) is 0 Å². The maximum Gasteiger partial charge on any atom is 0.269 e. The van der Waals surface area contributed by atoms with Gasteiger partial charge in [-0.3, -0.25) is 15.0 Å². The number of hydrogen-bond acceptors (Lipinski definition) is 4. The average molecular weight is 293 g/mol. The Morgan fingerprint density at radius 3 is 2.76 bits per heavy atom.